The number of aromatic nitrogens is 3. The first-order valence-corrected chi connectivity index (χ1v) is 7.51. The predicted molar refractivity (Wildman–Crippen MR) is 80.9 cm³/mol. The zero-order valence-corrected chi connectivity index (χ0v) is 13.1. The zero-order valence-electron chi connectivity index (χ0n) is 13.1. The van der Waals surface area contributed by atoms with Crippen molar-refractivity contribution in [3.05, 3.63) is 0 Å². The summed E-state index contributed by atoms with van der Waals surface area (Å²) in [5.74, 6) is 1.01. The van der Waals surface area contributed by atoms with E-state index in [1.165, 1.54) is 46.6 Å². The summed E-state index contributed by atoms with van der Waals surface area (Å²) in [5, 5.41) is 3.23. The van der Waals surface area contributed by atoms with Crippen molar-refractivity contribution < 1.29 is 9.47 Å². The van der Waals surface area contributed by atoms with Gasteiger partial charge in [0.25, 0.3) is 0 Å². The van der Waals surface area contributed by atoms with E-state index in [0.29, 0.717) is 11.9 Å². The highest BCUT2D eigenvalue weighted by molar-refractivity contribution is 5.27. The molecule has 0 radical (unpaired) electrons. The lowest BCUT2D eigenvalue weighted by molar-refractivity contribution is 0.204. The van der Waals surface area contributed by atoms with E-state index in [9.17, 15) is 0 Å². The molecule has 118 valence electrons. The fourth-order valence-corrected chi connectivity index (χ4v) is 2.51. The normalized spacial score (nSPS) is 17.3. The minimum absolute atomic E-state index is 0.257. The van der Waals surface area contributed by atoms with Crippen molar-refractivity contribution in [1.29, 1.82) is 0 Å². The van der Waals surface area contributed by atoms with Crippen molar-refractivity contribution in [2.75, 3.05) is 45.7 Å². The molecular weight excluding hydrogens is 270 g/mol. The van der Waals surface area contributed by atoms with Crippen LogP contribution in [-0.2, 0) is 0 Å². The van der Waals surface area contributed by atoms with E-state index in [-0.39, 0.29) is 12.0 Å². The topological polar surface area (TPSA) is 72.4 Å². The van der Waals surface area contributed by atoms with Crippen LogP contribution in [0.1, 0.15) is 26.2 Å². The van der Waals surface area contributed by atoms with Crippen LogP contribution < -0.4 is 14.8 Å². The lowest BCUT2D eigenvalue weighted by Crippen LogP contribution is -2.35. The molecule has 0 aromatic carbocycles. The van der Waals surface area contributed by atoms with Crippen LogP contribution in [0, 0.1) is 5.92 Å². The third-order valence-electron chi connectivity index (χ3n) is 3.59. The Kier molecular flexibility index (Phi) is 5.98. The summed E-state index contributed by atoms with van der Waals surface area (Å²) in [5.41, 5.74) is 0. The summed E-state index contributed by atoms with van der Waals surface area (Å²) >= 11 is 0. The summed E-state index contributed by atoms with van der Waals surface area (Å²) in [6.45, 7) is 6.59. The molecule has 0 saturated carbocycles. The average Bonchev–Trinajstić information content (AvgIpc) is 2.53. The van der Waals surface area contributed by atoms with Crippen LogP contribution in [0.3, 0.4) is 0 Å². The largest absolute Gasteiger partial charge is 0.467 e. The number of hydrogen-bond donors (Lipinski definition) is 1. The first-order chi connectivity index (χ1) is 10.2. The SMILES string of the molecule is COc1nc(NCC(C)CN2CCCCC2)nc(OC)n1. The summed E-state index contributed by atoms with van der Waals surface area (Å²) in [6, 6.07) is 0.515. The molecule has 1 atom stereocenters. The molecule has 21 heavy (non-hydrogen) atoms. The number of rotatable bonds is 7. The molecule has 1 N–H and O–H groups in total. The highest BCUT2D eigenvalue weighted by Crippen LogP contribution is 2.14. The van der Waals surface area contributed by atoms with Gasteiger partial charge in [0.15, 0.2) is 0 Å². The van der Waals surface area contributed by atoms with Gasteiger partial charge in [-0.15, -0.1) is 4.98 Å². The van der Waals surface area contributed by atoms with Gasteiger partial charge < -0.3 is 19.7 Å². The van der Waals surface area contributed by atoms with E-state index in [2.05, 4.69) is 32.1 Å². The lowest BCUT2D eigenvalue weighted by Gasteiger charge is -2.29. The number of likely N-dealkylation sites (tertiary alicyclic amines) is 1. The Labute approximate surface area is 126 Å². The minimum Gasteiger partial charge on any atom is -0.467 e. The molecule has 2 rings (SSSR count). The molecule has 2 heterocycles. The molecule has 0 aliphatic carbocycles. The molecule has 1 aromatic rings. The summed E-state index contributed by atoms with van der Waals surface area (Å²) < 4.78 is 10.1. The highest BCUT2D eigenvalue weighted by Gasteiger charge is 2.14. The van der Waals surface area contributed by atoms with Gasteiger partial charge in [-0.3, -0.25) is 0 Å². The summed E-state index contributed by atoms with van der Waals surface area (Å²) in [4.78, 5) is 14.8. The molecule has 1 aliphatic heterocycles. The van der Waals surface area contributed by atoms with E-state index < -0.39 is 0 Å². The zero-order chi connectivity index (χ0) is 15.1. The monoisotopic (exact) mass is 295 g/mol. The summed E-state index contributed by atoms with van der Waals surface area (Å²) in [7, 11) is 3.05. The van der Waals surface area contributed by atoms with Gasteiger partial charge in [0.2, 0.25) is 5.95 Å². The van der Waals surface area contributed by atoms with Gasteiger partial charge >= 0.3 is 12.0 Å². The van der Waals surface area contributed by atoms with Crippen LogP contribution in [0.15, 0.2) is 0 Å². The number of nitrogens with zero attached hydrogens (tertiary/aromatic N) is 4. The second-order valence-electron chi connectivity index (χ2n) is 5.48. The third-order valence-corrected chi connectivity index (χ3v) is 3.59. The Bertz CT molecular complexity index is 415. The molecule has 1 aliphatic rings. The minimum atomic E-state index is 0.257. The lowest BCUT2D eigenvalue weighted by atomic mass is 10.1. The van der Waals surface area contributed by atoms with Crippen LogP contribution in [0.2, 0.25) is 0 Å². The molecule has 0 spiro atoms. The van der Waals surface area contributed by atoms with Crippen LogP contribution in [0.4, 0.5) is 5.95 Å². The van der Waals surface area contributed by atoms with E-state index in [0.717, 1.165) is 13.1 Å². The second-order valence-corrected chi connectivity index (χ2v) is 5.48. The van der Waals surface area contributed by atoms with Gasteiger partial charge in [-0.1, -0.05) is 13.3 Å². The quantitative estimate of drug-likeness (QED) is 0.815. The van der Waals surface area contributed by atoms with Crippen LogP contribution in [0.5, 0.6) is 12.0 Å². The van der Waals surface area contributed by atoms with E-state index >= 15 is 0 Å². The van der Waals surface area contributed by atoms with Crippen molar-refractivity contribution in [1.82, 2.24) is 19.9 Å². The first-order valence-electron chi connectivity index (χ1n) is 7.51. The van der Waals surface area contributed by atoms with Gasteiger partial charge in [-0.2, -0.15) is 9.97 Å². The maximum Gasteiger partial charge on any atom is 0.324 e. The standard InChI is InChI=1S/C14H25N5O2/c1-11(10-19-7-5-4-6-8-19)9-15-12-16-13(20-2)18-14(17-12)21-3/h11H,4-10H2,1-3H3,(H,15,16,17,18). The molecule has 1 aromatic heterocycles. The number of ether oxygens (including phenoxy) is 2. The number of piperidine rings is 1. The molecule has 1 saturated heterocycles. The summed E-state index contributed by atoms with van der Waals surface area (Å²) in [6.07, 6.45) is 4.01. The Morgan fingerprint density at radius 2 is 1.67 bits per heavy atom. The van der Waals surface area contributed by atoms with Gasteiger partial charge in [0.05, 0.1) is 14.2 Å². The number of anilines is 1. The Morgan fingerprint density at radius 1 is 1.05 bits per heavy atom. The maximum absolute atomic E-state index is 5.04. The number of nitrogens with one attached hydrogen (secondary N) is 1. The Hall–Kier alpha value is -1.63. The van der Waals surface area contributed by atoms with Gasteiger partial charge in [0, 0.05) is 13.1 Å². The van der Waals surface area contributed by atoms with Crippen LogP contribution >= 0.6 is 0 Å². The van der Waals surface area contributed by atoms with Crippen molar-refractivity contribution >= 4 is 5.95 Å². The van der Waals surface area contributed by atoms with Gasteiger partial charge in [-0.05, 0) is 31.8 Å². The molecule has 7 nitrogen and oxygen atoms in total. The Balaban J connectivity index is 1.83. The molecule has 1 fully saturated rings. The van der Waals surface area contributed by atoms with Crippen molar-refractivity contribution in [3.8, 4) is 12.0 Å². The average molecular weight is 295 g/mol. The smallest absolute Gasteiger partial charge is 0.324 e. The van der Waals surface area contributed by atoms with Crippen LogP contribution in [0.25, 0.3) is 0 Å². The van der Waals surface area contributed by atoms with E-state index in [1.54, 1.807) is 0 Å². The van der Waals surface area contributed by atoms with Crippen LogP contribution in [-0.4, -0.2) is 60.3 Å². The fraction of sp³-hybridized carbons (Fsp3) is 0.786. The van der Waals surface area contributed by atoms with Crippen molar-refractivity contribution in [2.24, 2.45) is 5.92 Å². The first kappa shape index (κ1) is 15.8. The molecule has 1 unspecified atom stereocenters. The predicted octanol–water partition coefficient (Wildman–Crippen LogP) is 1.42. The molecular formula is C14H25N5O2. The van der Waals surface area contributed by atoms with Crippen molar-refractivity contribution in [3.63, 3.8) is 0 Å². The molecule has 7 heteroatoms. The fourth-order valence-electron chi connectivity index (χ4n) is 2.51. The van der Waals surface area contributed by atoms with Gasteiger partial charge in [0.1, 0.15) is 0 Å². The molecule has 0 amide bonds. The number of methoxy groups -OCH3 is 2. The van der Waals surface area contributed by atoms with Crippen molar-refractivity contribution in [2.45, 2.75) is 26.2 Å². The number of hydrogen-bond acceptors (Lipinski definition) is 7. The Morgan fingerprint density at radius 3 is 2.24 bits per heavy atom. The third kappa shape index (κ3) is 5.00. The maximum atomic E-state index is 5.04. The van der Waals surface area contributed by atoms with E-state index in [1.807, 2.05) is 0 Å². The van der Waals surface area contributed by atoms with Gasteiger partial charge in [-0.25, -0.2) is 0 Å². The highest BCUT2D eigenvalue weighted by atomic mass is 16.5. The molecule has 0 bridgehead atoms. The second kappa shape index (κ2) is 7.97. The van der Waals surface area contributed by atoms with E-state index in [4.69, 9.17) is 9.47 Å².